The first-order valence-electron chi connectivity index (χ1n) is 3.33. The fourth-order valence-electron chi connectivity index (χ4n) is 1.08. The first kappa shape index (κ1) is 6.24. The van der Waals surface area contributed by atoms with Gasteiger partial charge in [-0.1, -0.05) is 0 Å². The van der Waals surface area contributed by atoms with Crippen LogP contribution in [0.4, 0.5) is 0 Å². The predicted molar refractivity (Wildman–Crippen MR) is 39.9 cm³/mol. The lowest BCUT2D eigenvalue weighted by atomic mass is 10.3. The van der Waals surface area contributed by atoms with Crippen LogP contribution in [0.25, 0.3) is 0 Å². The third-order valence-corrected chi connectivity index (χ3v) is 2.89. The first-order chi connectivity index (χ1) is 4.87. The Balaban J connectivity index is 2.27. The Kier molecular flexibility index (Phi) is 1.25. The molecule has 0 spiro atoms. The minimum absolute atomic E-state index is 0.209. The molecule has 1 fully saturated rings. The molecule has 0 aromatic carbocycles. The van der Waals surface area contributed by atoms with Gasteiger partial charge in [0.05, 0.1) is 5.54 Å². The van der Waals surface area contributed by atoms with Gasteiger partial charge in [-0.15, -0.1) is 21.5 Å². The molecular weight excluding hydrogens is 146 g/mol. The third-order valence-electron chi connectivity index (χ3n) is 2.00. The van der Waals surface area contributed by atoms with Gasteiger partial charge in [0, 0.05) is 0 Å². The highest BCUT2D eigenvalue weighted by Gasteiger charge is 2.45. The summed E-state index contributed by atoms with van der Waals surface area (Å²) in [4.78, 5) is 0. The second-order valence-electron chi connectivity index (χ2n) is 2.58. The summed E-state index contributed by atoms with van der Waals surface area (Å²) in [7, 11) is 1.98. The summed E-state index contributed by atoms with van der Waals surface area (Å²) >= 11 is 1.63. The fourth-order valence-corrected chi connectivity index (χ4v) is 1.90. The van der Waals surface area contributed by atoms with E-state index in [1.54, 1.807) is 16.8 Å². The molecule has 1 aromatic rings. The van der Waals surface area contributed by atoms with E-state index < -0.39 is 0 Å². The zero-order chi connectivity index (χ0) is 7.03. The largest absolute Gasteiger partial charge is 0.308 e. The van der Waals surface area contributed by atoms with E-state index in [-0.39, 0.29) is 5.54 Å². The van der Waals surface area contributed by atoms with Crippen LogP contribution >= 0.6 is 11.3 Å². The predicted octanol–water partition coefficient (Wildman–Crippen LogP) is 0.747. The van der Waals surface area contributed by atoms with E-state index in [9.17, 15) is 0 Å². The molecule has 1 aromatic heterocycles. The molecule has 3 nitrogen and oxygen atoms in total. The van der Waals surface area contributed by atoms with Crippen molar-refractivity contribution < 1.29 is 0 Å². The molecule has 54 valence electrons. The summed E-state index contributed by atoms with van der Waals surface area (Å²) in [5.74, 6) is 0. The van der Waals surface area contributed by atoms with E-state index in [1.165, 1.54) is 12.8 Å². The van der Waals surface area contributed by atoms with Crippen LogP contribution in [0.15, 0.2) is 5.51 Å². The molecule has 0 bridgehead atoms. The average Bonchev–Trinajstić information content (AvgIpc) is 2.58. The third kappa shape index (κ3) is 0.759. The quantitative estimate of drug-likeness (QED) is 0.684. The van der Waals surface area contributed by atoms with Gasteiger partial charge in [0.15, 0.2) is 0 Å². The Bertz CT molecular complexity index is 215. The highest BCUT2D eigenvalue weighted by molar-refractivity contribution is 7.09. The van der Waals surface area contributed by atoms with Gasteiger partial charge < -0.3 is 5.32 Å². The van der Waals surface area contributed by atoms with Crippen molar-refractivity contribution >= 4 is 11.3 Å². The minimum Gasteiger partial charge on any atom is -0.308 e. The maximum absolute atomic E-state index is 4.03. The molecule has 1 aliphatic carbocycles. The van der Waals surface area contributed by atoms with Gasteiger partial charge in [-0.25, -0.2) is 0 Å². The minimum atomic E-state index is 0.209. The van der Waals surface area contributed by atoms with Crippen molar-refractivity contribution in [3.05, 3.63) is 10.5 Å². The zero-order valence-electron chi connectivity index (χ0n) is 5.79. The van der Waals surface area contributed by atoms with E-state index in [2.05, 4.69) is 15.5 Å². The van der Waals surface area contributed by atoms with Crippen LogP contribution in [0.1, 0.15) is 17.8 Å². The highest BCUT2D eigenvalue weighted by Crippen LogP contribution is 2.45. The molecule has 4 heteroatoms. The van der Waals surface area contributed by atoms with Crippen LogP contribution in [-0.2, 0) is 5.54 Å². The normalized spacial score (nSPS) is 20.9. The second kappa shape index (κ2) is 2.00. The molecule has 0 saturated heterocycles. The van der Waals surface area contributed by atoms with Crippen LogP contribution < -0.4 is 5.32 Å². The smallest absolute Gasteiger partial charge is 0.137 e. The van der Waals surface area contributed by atoms with Gasteiger partial charge in [0.25, 0.3) is 0 Å². The van der Waals surface area contributed by atoms with Gasteiger partial charge >= 0.3 is 0 Å². The Labute approximate surface area is 63.5 Å². The molecule has 1 aliphatic rings. The summed E-state index contributed by atoms with van der Waals surface area (Å²) in [5, 5.41) is 12.2. The van der Waals surface area contributed by atoms with Crippen LogP contribution in [0, 0.1) is 0 Å². The average molecular weight is 155 g/mol. The van der Waals surface area contributed by atoms with Crippen molar-refractivity contribution in [2.45, 2.75) is 18.4 Å². The van der Waals surface area contributed by atoms with Gasteiger partial charge in [-0.3, -0.25) is 0 Å². The number of hydrogen-bond acceptors (Lipinski definition) is 4. The Morgan fingerprint density at radius 1 is 1.70 bits per heavy atom. The molecule has 0 aliphatic heterocycles. The van der Waals surface area contributed by atoms with Gasteiger partial charge in [-0.2, -0.15) is 0 Å². The number of hydrogen-bond donors (Lipinski definition) is 1. The molecule has 1 N–H and O–H groups in total. The lowest BCUT2D eigenvalue weighted by Crippen LogP contribution is -2.24. The maximum Gasteiger partial charge on any atom is 0.137 e. The van der Waals surface area contributed by atoms with Crippen molar-refractivity contribution in [1.82, 2.24) is 15.5 Å². The van der Waals surface area contributed by atoms with Crippen LogP contribution in [0.2, 0.25) is 0 Å². The standard InChI is InChI=1S/C6H9N3S/c1-7-6(2-3-6)5-9-8-4-10-5/h4,7H,2-3H2,1H3. The molecule has 0 atom stereocenters. The van der Waals surface area contributed by atoms with Crippen molar-refractivity contribution in [2.24, 2.45) is 0 Å². The highest BCUT2D eigenvalue weighted by atomic mass is 32.1. The van der Waals surface area contributed by atoms with Crippen molar-refractivity contribution in [1.29, 1.82) is 0 Å². The van der Waals surface area contributed by atoms with Crippen LogP contribution in [0.5, 0.6) is 0 Å². The monoisotopic (exact) mass is 155 g/mol. The van der Waals surface area contributed by atoms with E-state index in [4.69, 9.17) is 0 Å². The van der Waals surface area contributed by atoms with Gasteiger partial charge in [0.1, 0.15) is 10.5 Å². The first-order valence-corrected chi connectivity index (χ1v) is 4.21. The van der Waals surface area contributed by atoms with Gasteiger partial charge in [0.2, 0.25) is 0 Å². The van der Waals surface area contributed by atoms with E-state index in [0.717, 1.165) is 5.01 Å². The number of nitrogens with zero attached hydrogens (tertiary/aromatic N) is 2. The van der Waals surface area contributed by atoms with E-state index in [1.807, 2.05) is 7.05 Å². The topological polar surface area (TPSA) is 37.8 Å². The summed E-state index contributed by atoms with van der Waals surface area (Å²) in [5.41, 5.74) is 1.99. The molecule has 2 rings (SSSR count). The molecule has 0 radical (unpaired) electrons. The SMILES string of the molecule is CNC1(c2nncs2)CC1. The van der Waals surface area contributed by atoms with Crippen LogP contribution in [-0.4, -0.2) is 17.2 Å². The molecule has 10 heavy (non-hydrogen) atoms. The Morgan fingerprint density at radius 2 is 2.50 bits per heavy atom. The summed E-state index contributed by atoms with van der Waals surface area (Å²) in [6.45, 7) is 0. The van der Waals surface area contributed by atoms with E-state index >= 15 is 0 Å². The summed E-state index contributed by atoms with van der Waals surface area (Å²) in [6.07, 6.45) is 2.41. The van der Waals surface area contributed by atoms with Crippen LogP contribution in [0.3, 0.4) is 0 Å². The summed E-state index contributed by atoms with van der Waals surface area (Å²) in [6, 6.07) is 0. The lowest BCUT2D eigenvalue weighted by molar-refractivity contribution is 0.575. The maximum atomic E-state index is 4.03. The zero-order valence-corrected chi connectivity index (χ0v) is 6.61. The number of rotatable bonds is 2. The lowest BCUT2D eigenvalue weighted by Gasteiger charge is -2.07. The Hall–Kier alpha value is -0.480. The molecular formula is C6H9N3S. The van der Waals surface area contributed by atoms with E-state index in [0.29, 0.717) is 0 Å². The molecule has 0 amide bonds. The molecule has 1 heterocycles. The fraction of sp³-hybridized carbons (Fsp3) is 0.667. The number of aromatic nitrogens is 2. The summed E-state index contributed by atoms with van der Waals surface area (Å²) < 4.78 is 0. The molecule has 1 saturated carbocycles. The Morgan fingerprint density at radius 3 is 2.90 bits per heavy atom. The second-order valence-corrected chi connectivity index (χ2v) is 3.41. The van der Waals surface area contributed by atoms with Gasteiger partial charge in [-0.05, 0) is 19.9 Å². The number of nitrogens with one attached hydrogen (secondary N) is 1. The van der Waals surface area contributed by atoms with Crippen molar-refractivity contribution in [3.63, 3.8) is 0 Å². The van der Waals surface area contributed by atoms with Crippen molar-refractivity contribution in [2.75, 3.05) is 7.05 Å². The molecule has 0 unspecified atom stereocenters. The van der Waals surface area contributed by atoms with Crippen molar-refractivity contribution in [3.8, 4) is 0 Å².